The van der Waals surface area contributed by atoms with Crippen LogP contribution in [-0.2, 0) is 22.6 Å². The first-order valence-electron chi connectivity index (χ1n) is 12.1. The summed E-state index contributed by atoms with van der Waals surface area (Å²) in [5.74, 6) is -1.06. The number of nitrogens with one attached hydrogen (secondary N) is 2. The number of carbonyl (C=O) groups is 2. The number of carbonyl (C=O) groups excluding carboxylic acids is 1. The molecule has 0 spiro atoms. The Balaban J connectivity index is 1.74. The van der Waals surface area contributed by atoms with Crippen LogP contribution in [0.3, 0.4) is 0 Å². The number of benzene rings is 3. The zero-order valence-electron chi connectivity index (χ0n) is 20.5. The predicted molar refractivity (Wildman–Crippen MR) is 146 cm³/mol. The number of carboxylic acid groups (broad SMARTS) is 1. The van der Waals surface area contributed by atoms with E-state index in [2.05, 4.69) is 41.5 Å². The van der Waals surface area contributed by atoms with Crippen LogP contribution < -0.4 is 10.6 Å². The SMILES string of the molecule is CCN(CC)Cc1ccc(NC(=C2C(=O)Nc3cc(Cl)ccc32)c2cccc(CCC(=O)O)c2)cc1. The van der Waals surface area contributed by atoms with Crippen molar-refractivity contribution in [2.24, 2.45) is 0 Å². The molecule has 0 bridgehead atoms. The van der Waals surface area contributed by atoms with E-state index in [-0.39, 0.29) is 12.3 Å². The normalized spacial score (nSPS) is 13.9. The van der Waals surface area contributed by atoms with Crippen molar-refractivity contribution in [3.63, 3.8) is 0 Å². The summed E-state index contributed by atoms with van der Waals surface area (Å²) in [5.41, 5.74) is 6.36. The molecule has 0 saturated heterocycles. The summed E-state index contributed by atoms with van der Waals surface area (Å²) >= 11 is 6.16. The second-order valence-corrected chi connectivity index (χ2v) is 9.21. The van der Waals surface area contributed by atoms with E-state index in [1.165, 1.54) is 5.56 Å². The van der Waals surface area contributed by atoms with Crippen LogP contribution in [0, 0.1) is 0 Å². The summed E-state index contributed by atoms with van der Waals surface area (Å²) in [7, 11) is 0. The molecule has 0 aromatic heterocycles. The lowest BCUT2D eigenvalue weighted by Crippen LogP contribution is -2.22. The van der Waals surface area contributed by atoms with Crippen LogP contribution in [-0.4, -0.2) is 35.0 Å². The van der Waals surface area contributed by atoms with Crippen LogP contribution in [0.25, 0.3) is 11.3 Å². The molecule has 6 nitrogen and oxygen atoms in total. The molecule has 36 heavy (non-hydrogen) atoms. The van der Waals surface area contributed by atoms with Gasteiger partial charge in [0.2, 0.25) is 0 Å². The fraction of sp³-hybridized carbons (Fsp3) is 0.241. The van der Waals surface area contributed by atoms with Gasteiger partial charge in [-0.3, -0.25) is 14.5 Å². The average Bonchev–Trinajstić information content (AvgIpc) is 3.20. The topological polar surface area (TPSA) is 81.7 Å². The third-order valence-electron chi connectivity index (χ3n) is 6.34. The van der Waals surface area contributed by atoms with Crippen molar-refractivity contribution in [1.29, 1.82) is 0 Å². The van der Waals surface area contributed by atoms with Crippen molar-refractivity contribution in [3.8, 4) is 0 Å². The van der Waals surface area contributed by atoms with E-state index in [0.717, 1.165) is 42.0 Å². The molecule has 7 heteroatoms. The molecular formula is C29H30ClN3O3. The molecule has 0 atom stereocenters. The Bertz CT molecular complexity index is 1300. The number of carboxylic acids is 1. The first kappa shape index (κ1) is 25.5. The minimum Gasteiger partial charge on any atom is -0.481 e. The Hall–Kier alpha value is -3.61. The number of hydrogen-bond acceptors (Lipinski definition) is 4. The number of halogens is 1. The molecule has 1 aliphatic heterocycles. The zero-order chi connectivity index (χ0) is 25.7. The van der Waals surface area contributed by atoms with Gasteiger partial charge in [0, 0.05) is 29.2 Å². The van der Waals surface area contributed by atoms with Gasteiger partial charge in [-0.05, 0) is 66.5 Å². The lowest BCUT2D eigenvalue weighted by Gasteiger charge is -2.19. The summed E-state index contributed by atoms with van der Waals surface area (Å²) in [4.78, 5) is 26.6. The van der Waals surface area contributed by atoms with Gasteiger partial charge >= 0.3 is 5.97 Å². The number of rotatable bonds is 10. The molecule has 1 aliphatic rings. The van der Waals surface area contributed by atoms with Crippen LogP contribution in [0.1, 0.15) is 42.5 Å². The number of aliphatic carboxylic acids is 1. The summed E-state index contributed by atoms with van der Waals surface area (Å²) in [5, 5.41) is 16.1. The van der Waals surface area contributed by atoms with Crippen molar-refractivity contribution < 1.29 is 14.7 Å². The van der Waals surface area contributed by atoms with Crippen LogP contribution in [0.5, 0.6) is 0 Å². The summed E-state index contributed by atoms with van der Waals surface area (Å²) < 4.78 is 0. The molecule has 1 amide bonds. The maximum Gasteiger partial charge on any atom is 0.303 e. The highest BCUT2D eigenvalue weighted by atomic mass is 35.5. The number of aryl methyl sites for hydroxylation is 1. The van der Waals surface area contributed by atoms with Gasteiger partial charge in [0.05, 0.1) is 17.0 Å². The lowest BCUT2D eigenvalue weighted by atomic mass is 9.97. The molecule has 0 radical (unpaired) electrons. The van der Waals surface area contributed by atoms with E-state index in [1.807, 2.05) is 42.5 Å². The molecular weight excluding hydrogens is 474 g/mol. The number of nitrogens with zero attached hydrogens (tertiary/aromatic N) is 1. The van der Waals surface area contributed by atoms with Crippen LogP contribution >= 0.6 is 11.6 Å². The monoisotopic (exact) mass is 503 g/mol. The van der Waals surface area contributed by atoms with Gasteiger partial charge in [0.1, 0.15) is 0 Å². The maximum absolute atomic E-state index is 13.2. The Morgan fingerprint density at radius 1 is 1.00 bits per heavy atom. The zero-order valence-corrected chi connectivity index (χ0v) is 21.2. The highest BCUT2D eigenvalue weighted by Crippen LogP contribution is 2.39. The third kappa shape index (κ3) is 5.96. The van der Waals surface area contributed by atoms with E-state index in [1.54, 1.807) is 12.1 Å². The number of anilines is 2. The van der Waals surface area contributed by atoms with Gasteiger partial charge in [-0.2, -0.15) is 0 Å². The van der Waals surface area contributed by atoms with Crippen LogP contribution in [0.2, 0.25) is 5.02 Å². The molecule has 4 rings (SSSR count). The van der Waals surface area contributed by atoms with Gasteiger partial charge < -0.3 is 15.7 Å². The van der Waals surface area contributed by atoms with Gasteiger partial charge in [0.25, 0.3) is 5.91 Å². The molecule has 3 aromatic rings. The maximum atomic E-state index is 13.2. The highest BCUT2D eigenvalue weighted by Gasteiger charge is 2.28. The Labute approximate surface area is 216 Å². The minimum atomic E-state index is -0.845. The van der Waals surface area contributed by atoms with Gasteiger partial charge in [0.15, 0.2) is 0 Å². The summed E-state index contributed by atoms with van der Waals surface area (Å²) in [6.07, 6.45) is 0.447. The largest absolute Gasteiger partial charge is 0.481 e. The third-order valence-corrected chi connectivity index (χ3v) is 6.58. The summed E-state index contributed by atoms with van der Waals surface area (Å²) in [6, 6.07) is 21.2. The van der Waals surface area contributed by atoms with Crippen molar-refractivity contribution in [1.82, 2.24) is 4.90 Å². The molecule has 3 aromatic carbocycles. The van der Waals surface area contributed by atoms with E-state index in [4.69, 9.17) is 16.7 Å². The highest BCUT2D eigenvalue weighted by molar-refractivity contribution is 6.38. The Kier molecular flexibility index (Phi) is 8.08. The van der Waals surface area contributed by atoms with Crippen LogP contribution in [0.15, 0.2) is 66.7 Å². The van der Waals surface area contributed by atoms with Crippen molar-refractivity contribution >= 4 is 46.1 Å². The molecule has 0 fully saturated rings. The van der Waals surface area contributed by atoms with Crippen molar-refractivity contribution in [3.05, 3.63) is 94.0 Å². The second kappa shape index (κ2) is 11.4. The quantitative estimate of drug-likeness (QED) is 0.290. The number of amides is 1. The Morgan fingerprint density at radius 2 is 1.75 bits per heavy atom. The van der Waals surface area contributed by atoms with Crippen LogP contribution in [0.4, 0.5) is 11.4 Å². The second-order valence-electron chi connectivity index (χ2n) is 8.77. The van der Waals surface area contributed by atoms with Gasteiger partial charge in [-0.25, -0.2) is 0 Å². The van der Waals surface area contributed by atoms with Gasteiger partial charge in [-0.1, -0.05) is 61.8 Å². The van der Waals surface area contributed by atoms with E-state index < -0.39 is 5.97 Å². The minimum absolute atomic E-state index is 0.0403. The fourth-order valence-electron chi connectivity index (χ4n) is 4.35. The number of hydrogen-bond donors (Lipinski definition) is 3. The Morgan fingerprint density at radius 3 is 2.44 bits per heavy atom. The first-order valence-corrected chi connectivity index (χ1v) is 12.5. The molecule has 3 N–H and O–H groups in total. The average molecular weight is 504 g/mol. The van der Waals surface area contributed by atoms with E-state index in [9.17, 15) is 9.59 Å². The smallest absolute Gasteiger partial charge is 0.303 e. The molecule has 186 valence electrons. The molecule has 1 heterocycles. The van der Waals surface area contributed by atoms with Gasteiger partial charge in [-0.15, -0.1) is 0 Å². The lowest BCUT2D eigenvalue weighted by molar-refractivity contribution is -0.137. The molecule has 0 aliphatic carbocycles. The fourth-order valence-corrected chi connectivity index (χ4v) is 4.52. The molecule has 0 unspecified atom stereocenters. The number of fused-ring (bicyclic) bond motifs is 1. The first-order chi connectivity index (χ1) is 17.4. The van der Waals surface area contributed by atoms with E-state index in [0.29, 0.717) is 28.4 Å². The van der Waals surface area contributed by atoms with E-state index >= 15 is 0 Å². The van der Waals surface area contributed by atoms with Crippen molar-refractivity contribution in [2.45, 2.75) is 33.2 Å². The van der Waals surface area contributed by atoms with Crippen molar-refractivity contribution in [2.75, 3.05) is 23.7 Å². The molecule has 0 saturated carbocycles. The standard InChI is InChI=1S/C29H30ClN3O3/c1-3-33(4-2)18-20-8-12-23(13-9-20)31-28(21-7-5-6-19(16-21)10-15-26(34)35)27-24-14-11-22(30)17-25(24)32-29(27)36/h5-9,11-14,16-17,31H,3-4,10,15,18H2,1-2H3,(H,32,36)(H,34,35). The predicted octanol–water partition coefficient (Wildman–Crippen LogP) is 6.13. The summed E-state index contributed by atoms with van der Waals surface area (Å²) in [6.45, 7) is 7.16.